The highest BCUT2D eigenvalue weighted by Crippen LogP contribution is 2.19. The number of aryl methyl sites for hydroxylation is 2. The third-order valence-electron chi connectivity index (χ3n) is 2.04. The van der Waals surface area contributed by atoms with E-state index in [1.165, 1.54) is 16.7 Å². The molecule has 0 bridgehead atoms. The van der Waals surface area contributed by atoms with Crippen LogP contribution in [0.25, 0.3) is 6.08 Å². The molecule has 0 atom stereocenters. The van der Waals surface area contributed by atoms with E-state index >= 15 is 0 Å². The van der Waals surface area contributed by atoms with Gasteiger partial charge in [0.15, 0.2) is 0 Å². The van der Waals surface area contributed by atoms with Crippen molar-refractivity contribution in [2.24, 2.45) is 5.73 Å². The molecule has 70 valence electrons. The molecule has 13 heavy (non-hydrogen) atoms. The molecule has 0 spiro atoms. The summed E-state index contributed by atoms with van der Waals surface area (Å²) in [4.78, 5) is 0. The number of anilines is 1. The number of benzene rings is 1. The van der Waals surface area contributed by atoms with Gasteiger partial charge in [0.1, 0.15) is 0 Å². The Kier molecular flexibility index (Phi) is 3.09. The summed E-state index contributed by atoms with van der Waals surface area (Å²) in [6.07, 6.45) is 4.00. The Morgan fingerprint density at radius 2 is 1.77 bits per heavy atom. The van der Waals surface area contributed by atoms with Gasteiger partial charge in [-0.05, 0) is 42.7 Å². The summed E-state index contributed by atoms with van der Waals surface area (Å²) in [6, 6.07) is 3.95. The highest BCUT2D eigenvalue weighted by atomic mass is 14.5. The smallest absolute Gasteiger partial charge is 0.0319 e. The first-order chi connectivity index (χ1) is 6.15. The van der Waals surface area contributed by atoms with E-state index in [0.717, 1.165) is 5.69 Å². The zero-order chi connectivity index (χ0) is 9.84. The van der Waals surface area contributed by atoms with Gasteiger partial charge in [-0.3, -0.25) is 0 Å². The molecule has 0 saturated carbocycles. The lowest BCUT2D eigenvalue weighted by Crippen LogP contribution is -1.95. The second-order valence-electron chi connectivity index (χ2n) is 3.21. The minimum absolute atomic E-state index is 0.573. The maximum Gasteiger partial charge on any atom is 0.0319 e. The maximum absolute atomic E-state index is 5.71. The van der Waals surface area contributed by atoms with E-state index in [0.29, 0.717) is 6.54 Å². The molecule has 0 aliphatic heterocycles. The van der Waals surface area contributed by atoms with E-state index in [1.54, 1.807) is 0 Å². The van der Waals surface area contributed by atoms with Crippen molar-refractivity contribution in [1.82, 2.24) is 0 Å². The van der Waals surface area contributed by atoms with Crippen molar-refractivity contribution >= 4 is 11.8 Å². The van der Waals surface area contributed by atoms with Crippen LogP contribution < -0.4 is 11.5 Å². The molecule has 0 saturated heterocycles. The molecule has 0 aromatic heterocycles. The Labute approximate surface area is 79.2 Å². The summed E-state index contributed by atoms with van der Waals surface area (Å²) in [5, 5.41) is 0. The minimum atomic E-state index is 0.573. The second kappa shape index (κ2) is 4.10. The highest BCUT2D eigenvalue weighted by molar-refractivity contribution is 5.62. The molecule has 0 radical (unpaired) electrons. The lowest BCUT2D eigenvalue weighted by atomic mass is 10.0. The summed E-state index contributed by atoms with van der Waals surface area (Å²) in [7, 11) is 0. The predicted octanol–water partition coefficient (Wildman–Crippen LogP) is 1.86. The summed E-state index contributed by atoms with van der Waals surface area (Å²) < 4.78 is 0. The molecule has 4 N–H and O–H groups in total. The number of hydrogen-bond donors (Lipinski definition) is 2. The van der Waals surface area contributed by atoms with Crippen molar-refractivity contribution < 1.29 is 0 Å². The van der Waals surface area contributed by atoms with Crippen molar-refractivity contribution in [2.45, 2.75) is 13.8 Å². The average molecular weight is 176 g/mol. The molecular weight excluding hydrogens is 160 g/mol. The zero-order valence-electron chi connectivity index (χ0n) is 8.17. The molecule has 1 rings (SSSR count). The first-order valence-electron chi connectivity index (χ1n) is 4.38. The lowest BCUT2D eigenvalue weighted by molar-refractivity contribution is 1.26. The Morgan fingerprint density at radius 1 is 1.23 bits per heavy atom. The van der Waals surface area contributed by atoms with Gasteiger partial charge in [0.25, 0.3) is 0 Å². The van der Waals surface area contributed by atoms with Crippen LogP contribution in [0.1, 0.15) is 16.7 Å². The van der Waals surface area contributed by atoms with E-state index in [4.69, 9.17) is 11.5 Å². The quantitative estimate of drug-likeness (QED) is 0.676. The lowest BCUT2D eigenvalue weighted by Gasteiger charge is -2.06. The first kappa shape index (κ1) is 9.81. The summed E-state index contributed by atoms with van der Waals surface area (Å²) >= 11 is 0. The van der Waals surface area contributed by atoms with Crippen LogP contribution in [0, 0.1) is 13.8 Å². The molecule has 2 heteroatoms. The van der Waals surface area contributed by atoms with Crippen LogP contribution in [-0.4, -0.2) is 6.54 Å². The average Bonchev–Trinajstić information content (AvgIpc) is 2.02. The predicted molar refractivity (Wildman–Crippen MR) is 58.4 cm³/mol. The topological polar surface area (TPSA) is 52.0 Å². The van der Waals surface area contributed by atoms with Crippen LogP contribution in [-0.2, 0) is 0 Å². The Balaban J connectivity index is 3.13. The fourth-order valence-electron chi connectivity index (χ4n) is 1.46. The third-order valence-corrected chi connectivity index (χ3v) is 2.04. The number of nitrogen functional groups attached to an aromatic ring is 1. The SMILES string of the molecule is Cc1cc(N)cc(C)c1C=CCN. The molecule has 0 aliphatic rings. The molecule has 0 unspecified atom stereocenters. The fraction of sp³-hybridized carbons (Fsp3) is 0.273. The van der Waals surface area contributed by atoms with Gasteiger partial charge >= 0.3 is 0 Å². The summed E-state index contributed by atoms with van der Waals surface area (Å²) in [6.45, 7) is 4.68. The van der Waals surface area contributed by atoms with Gasteiger partial charge in [-0.15, -0.1) is 0 Å². The zero-order valence-corrected chi connectivity index (χ0v) is 8.17. The molecule has 0 fully saturated rings. The summed E-state index contributed by atoms with van der Waals surface area (Å²) in [5.74, 6) is 0. The minimum Gasteiger partial charge on any atom is -0.399 e. The molecule has 0 amide bonds. The molecule has 1 aromatic carbocycles. The largest absolute Gasteiger partial charge is 0.399 e. The monoisotopic (exact) mass is 176 g/mol. The number of nitrogens with two attached hydrogens (primary N) is 2. The van der Waals surface area contributed by atoms with Gasteiger partial charge in [-0.1, -0.05) is 12.2 Å². The van der Waals surface area contributed by atoms with E-state index in [2.05, 4.69) is 13.8 Å². The Hall–Kier alpha value is -1.28. The maximum atomic E-state index is 5.71. The van der Waals surface area contributed by atoms with Crippen LogP contribution in [0.15, 0.2) is 18.2 Å². The third kappa shape index (κ3) is 2.33. The van der Waals surface area contributed by atoms with Crippen LogP contribution in [0.5, 0.6) is 0 Å². The van der Waals surface area contributed by atoms with Gasteiger partial charge in [0, 0.05) is 12.2 Å². The first-order valence-corrected chi connectivity index (χ1v) is 4.38. The molecular formula is C11H16N2. The normalized spacial score (nSPS) is 11.0. The van der Waals surface area contributed by atoms with E-state index in [1.807, 2.05) is 24.3 Å². The van der Waals surface area contributed by atoms with E-state index < -0.39 is 0 Å². The van der Waals surface area contributed by atoms with Crippen molar-refractivity contribution in [3.63, 3.8) is 0 Å². The standard InChI is InChI=1S/C11H16N2/c1-8-6-10(13)7-9(2)11(8)4-3-5-12/h3-4,6-7H,5,12-13H2,1-2H3. The highest BCUT2D eigenvalue weighted by Gasteiger charge is 1.99. The molecule has 2 nitrogen and oxygen atoms in total. The molecule has 0 heterocycles. The van der Waals surface area contributed by atoms with E-state index in [-0.39, 0.29) is 0 Å². The van der Waals surface area contributed by atoms with Crippen molar-refractivity contribution in [1.29, 1.82) is 0 Å². The molecule has 0 aliphatic carbocycles. The van der Waals surface area contributed by atoms with Crippen molar-refractivity contribution in [3.8, 4) is 0 Å². The Bertz CT molecular complexity index is 304. The van der Waals surface area contributed by atoms with Crippen LogP contribution in [0.3, 0.4) is 0 Å². The van der Waals surface area contributed by atoms with Crippen molar-refractivity contribution in [2.75, 3.05) is 12.3 Å². The number of hydrogen-bond acceptors (Lipinski definition) is 2. The van der Waals surface area contributed by atoms with Gasteiger partial charge in [0.2, 0.25) is 0 Å². The van der Waals surface area contributed by atoms with E-state index in [9.17, 15) is 0 Å². The summed E-state index contributed by atoms with van der Waals surface area (Å²) in [5.41, 5.74) is 15.5. The van der Waals surface area contributed by atoms with Crippen LogP contribution >= 0.6 is 0 Å². The second-order valence-corrected chi connectivity index (χ2v) is 3.21. The van der Waals surface area contributed by atoms with Gasteiger partial charge in [-0.2, -0.15) is 0 Å². The van der Waals surface area contributed by atoms with Gasteiger partial charge < -0.3 is 11.5 Å². The van der Waals surface area contributed by atoms with Crippen LogP contribution in [0.4, 0.5) is 5.69 Å². The van der Waals surface area contributed by atoms with Crippen molar-refractivity contribution in [3.05, 3.63) is 34.9 Å². The molecule has 1 aromatic rings. The van der Waals surface area contributed by atoms with Gasteiger partial charge in [0.05, 0.1) is 0 Å². The van der Waals surface area contributed by atoms with Gasteiger partial charge in [-0.25, -0.2) is 0 Å². The fourth-order valence-corrected chi connectivity index (χ4v) is 1.46. The Morgan fingerprint density at radius 3 is 2.23 bits per heavy atom. The number of rotatable bonds is 2. The van der Waals surface area contributed by atoms with Crippen LogP contribution in [0.2, 0.25) is 0 Å².